The van der Waals surface area contributed by atoms with Crippen molar-refractivity contribution in [1.29, 1.82) is 0 Å². The Labute approximate surface area is 162 Å². The summed E-state index contributed by atoms with van der Waals surface area (Å²) >= 11 is 0. The molecule has 0 aliphatic rings. The summed E-state index contributed by atoms with van der Waals surface area (Å²) in [7, 11) is 0. The average Bonchev–Trinajstić information content (AvgIpc) is 3.21. The molecular weight excluding hydrogens is 361 g/mol. The van der Waals surface area contributed by atoms with E-state index in [1.807, 2.05) is 31.2 Å². The maximum Gasteiger partial charge on any atom is 0.265 e. The molecule has 0 saturated heterocycles. The van der Waals surface area contributed by atoms with E-state index in [2.05, 4.69) is 22.1 Å². The molecule has 0 radical (unpaired) electrons. The Morgan fingerprint density at radius 2 is 1.96 bits per heavy atom. The summed E-state index contributed by atoms with van der Waals surface area (Å²) in [6, 6.07) is 13.5. The first-order valence-electron chi connectivity index (χ1n) is 9.15. The summed E-state index contributed by atoms with van der Waals surface area (Å²) in [5, 5.41) is 18.0. The van der Waals surface area contributed by atoms with Crippen molar-refractivity contribution in [1.82, 2.24) is 10.2 Å². The molecule has 0 aliphatic heterocycles. The molecule has 0 fully saturated rings. The van der Waals surface area contributed by atoms with E-state index in [9.17, 15) is 9.50 Å². The molecule has 0 bridgehead atoms. The van der Waals surface area contributed by atoms with Crippen LogP contribution in [0.2, 0.25) is 0 Å². The molecule has 0 saturated carbocycles. The van der Waals surface area contributed by atoms with E-state index in [-0.39, 0.29) is 24.2 Å². The van der Waals surface area contributed by atoms with E-state index in [1.165, 1.54) is 12.1 Å². The van der Waals surface area contributed by atoms with Crippen LogP contribution in [0.25, 0.3) is 11.5 Å². The molecule has 1 atom stereocenters. The summed E-state index contributed by atoms with van der Waals surface area (Å²) < 4.78 is 24.6. The molecule has 146 valence electrons. The second kappa shape index (κ2) is 9.23. The van der Waals surface area contributed by atoms with Gasteiger partial charge in [0.25, 0.3) is 5.89 Å². The smallest absolute Gasteiger partial charge is 0.265 e. The number of halogens is 1. The lowest BCUT2D eigenvalue weighted by molar-refractivity contribution is 0.179. The van der Waals surface area contributed by atoms with Gasteiger partial charge in [-0.1, -0.05) is 26.0 Å². The van der Waals surface area contributed by atoms with Crippen LogP contribution in [-0.4, -0.2) is 33.9 Å². The Balaban J connectivity index is 1.82. The quantitative estimate of drug-likeness (QED) is 0.594. The first kappa shape index (κ1) is 19.7. The Morgan fingerprint density at radius 1 is 1.18 bits per heavy atom. The second-order valence-corrected chi connectivity index (χ2v) is 6.17. The highest BCUT2D eigenvalue weighted by Gasteiger charge is 2.17. The fourth-order valence-electron chi connectivity index (χ4n) is 2.48. The van der Waals surface area contributed by atoms with Crippen LogP contribution in [0.15, 0.2) is 57.9 Å². The zero-order valence-electron chi connectivity index (χ0n) is 15.8. The van der Waals surface area contributed by atoms with Crippen molar-refractivity contribution in [3.63, 3.8) is 0 Å². The number of nitrogens with zero attached hydrogens (tertiary/aromatic N) is 3. The number of aliphatic imine (C=N–C) groups is 1. The highest BCUT2D eigenvalue weighted by Crippen LogP contribution is 2.19. The van der Waals surface area contributed by atoms with Crippen molar-refractivity contribution >= 4 is 5.71 Å². The van der Waals surface area contributed by atoms with Crippen molar-refractivity contribution in [2.75, 3.05) is 6.61 Å². The van der Waals surface area contributed by atoms with Crippen molar-refractivity contribution in [3.8, 4) is 17.2 Å². The number of benzene rings is 2. The Kier molecular flexibility index (Phi) is 6.49. The third-order valence-electron chi connectivity index (χ3n) is 4.12. The van der Waals surface area contributed by atoms with Gasteiger partial charge in [0.2, 0.25) is 5.89 Å². The molecule has 0 amide bonds. The van der Waals surface area contributed by atoms with Gasteiger partial charge in [-0.25, -0.2) is 9.38 Å². The van der Waals surface area contributed by atoms with E-state index in [0.717, 1.165) is 12.0 Å². The van der Waals surface area contributed by atoms with Crippen LogP contribution in [-0.2, 0) is 6.42 Å². The Morgan fingerprint density at radius 3 is 2.68 bits per heavy atom. The zero-order chi connectivity index (χ0) is 19.9. The number of ether oxygens (including phenoxy) is 1. The molecule has 28 heavy (non-hydrogen) atoms. The van der Waals surface area contributed by atoms with Gasteiger partial charge in [0, 0.05) is 5.56 Å². The molecule has 1 N–H and O–H groups in total. The normalized spacial score (nSPS) is 12.8. The minimum atomic E-state index is -0.901. The molecule has 1 aromatic heterocycles. The van der Waals surface area contributed by atoms with E-state index < -0.39 is 6.23 Å². The number of hydrogen-bond donors (Lipinski definition) is 1. The van der Waals surface area contributed by atoms with Crippen LogP contribution in [0.3, 0.4) is 0 Å². The van der Waals surface area contributed by atoms with Gasteiger partial charge >= 0.3 is 0 Å². The minimum absolute atomic E-state index is 0.0648. The Hall–Kier alpha value is -3.06. The number of aliphatic hydroxyl groups is 1. The lowest BCUT2D eigenvalue weighted by atomic mass is 10.2. The van der Waals surface area contributed by atoms with Gasteiger partial charge in [-0.2, -0.15) is 0 Å². The number of aromatic nitrogens is 2. The summed E-state index contributed by atoms with van der Waals surface area (Å²) in [6.45, 7) is 3.95. The predicted octanol–water partition coefficient (Wildman–Crippen LogP) is 4.03. The molecule has 3 aromatic rings. The van der Waals surface area contributed by atoms with Crippen LogP contribution in [0.5, 0.6) is 5.75 Å². The molecule has 0 aliphatic carbocycles. The highest BCUT2D eigenvalue weighted by molar-refractivity contribution is 5.98. The number of hydrogen-bond acceptors (Lipinski definition) is 6. The fourth-order valence-corrected chi connectivity index (χ4v) is 2.48. The lowest BCUT2D eigenvalue weighted by Crippen LogP contribution is -2.17. The molecule has 6 nitrogen and oxygen atoms in total. The third kappa shape index (κ3) is 5.01. The summed E-state index contributed by atoms with van der Waals surface area (Å²) in [5.41, 5.74) is 2.09. The zero-order valence-corrected chi connectivity index (χ0v) is 15.8. The van der Waals surface area contributed by atoms with Crippen LogP contribution < -0.4 is 4.74 Å². The van der Waals surface area contributed by atoms with Crippen molar-refractivity contribution in [2.45, 2.75) is 32.9 Å². The molecule has 3 rings (SSSR count). The maximum absolute atomic E-state index is 13.1. The standard InChI is InChI=1S/C21H22FN3O3/c1-3-14-6-5-7-17(12-14)27-13-18(23-19(26)4-2)21-25-24-20(28-21)15-8-10-16(22)11-9-15/h5-12,19,26H,3-4,13H2,1-2H3/b23-18+. The van der Waals surface area contributed by atoms with Gasteiger partial charge in [0.1, 0.15) is 30.1 Å². The van der Waals surface area contributed by atoms with E-state index in [4.69, 9.17) is 9.15 Å². The van der Waals surface area contributed by atoms with Crippen molar-refractivity contribution in [2.24, 2.45) is 4.99 Å². The van der Waals surface area contributed by atoms with Gasteiger partial charge in [0.05, 0.1) is 0 Å². The Bertz CT molecular complexity index is 938. The van der Waals surface area contributed by atoms with Gasteiger partial charge in [-0.05, 0) is 54.8 Å². The summed E-state index contributed by atoms with van der Waals surface area (Å²) in [6.07, 6.45) is 0.437. The van der Waals surface area contributed by atoms with E-state index in [1.54, 1.807) is 12.1 Å². The van der Waals surface area contributed by atoms with Crippen LogP contribution in [0, 0.1) is 5.82 Å². The molecule has 1 heterocycles. The van der Waals surface area contributed by atoms with Gasteiger partial charge in [0.15, 0.2) is 0 Å². The first-order valence-corrected chi connectivity index (χ1v) is 9.15. The fraction of sp³-hybridized carbons (Fsp3) is 0.286. The average molecular weight is 383 g/mol. The molecule has 7 heteroatoms. The van der Waals surface area contributed by atoms with E-state index in [0.29, 0.717) is 23.4 Å². The number of rotatable bonds is 8. The maximum atomic E-state index is 13.1. The third-order valence-corrected chi connectivity index (χ3v) is 4.12. The van der Waals surface area contributed by atoms with Gasteiger partial charge < -0.3 is 14.3 Å². The number of aliphatic hydroxyl groups excluding tert-OH is 1. The molecule has 1 unspecified atom stereocenters. The van der Waals surface area contributed by atoms with Crippen molar-refractivity contribution in [3.05, 3.63) is 65.8 Å². The van der Waals surface area contributed by atoms with E-state index >= 15 is 0 Å². The van der Waals surface area contributed by atoms with Gasteiger partial charge in [-0.15, -0.1) is 10.2 Å². The van der Waals surface area contributed by atoms with Crippen molar-refractivity contribution < 1.29 is 18.7 Å². The highest BCUT2D eigenvalue weighted by atomic mass is 19.1. The molecule has 2 aromatic carbocycles. The minimum Gasteiger partial charge on any atom is -0.487 e. The monoisotopic (exact) mass is 383 g/mol. The molecular formula is C21H22FN3O3. The first-order chi connectivity index (χ1) is 13.6. The van der Waals surface area contributed by atoms with Gasteiger partial charge in [-0.3, -0.25) is 0 Å². The SMILES string of the molecule is CCc1cccc(OC/C(=N\C(O)CC)c2nnc(-c3ccc(F)cc3)o2)c1. The second-order valence-electron chi connectivity index (χ2n) is 6.17. The van der Waals surface area contributed by atoms with Crippen LogP contribution in [0.1, 0.15) is 31.7 Å². The predicted molar refractivity (Wildman–Crippen MR) is 104 cm³/mol. The number of aryl methyl sites for hydroxylation is 1. The molecule has 0 spiro atoms. The van der Waals surface area contributed by atoms with Crippen LogP contribution in [0.4, 0.5) is 4.39 Å². The lowest BCUT2D eigenvalue weighted by Gasteiger charge is -2.09. The topological polar surface area (TPSA) is 80.7 Å². The summed E-state index contributed by atoms with van der Waals surface area (Å²) in [4.78, 5) is 4.23. The van der Waals surface area contributed by atoms with Crippen LogP contribution >= 0.6 is 0 Å². The summed E-state index contributed by atoms with van der Waals surface area (Å²) in [5.74, 6) is 0.732. The largest absolute Gasteiger partial charge is 0.487 e.